The molecule has 3 rings (SSSR count). The molecule has 1 aromatic carbocycles. The van der Waals surface area contributed by atoms with Gasteiger partial charge in [-0.15, -0.1) is 0 Å². The Morgan fingerprint density at radius 1 is 1.38 bits per heavy atom. The molecule has 6 nitrogen and oxygen atoms in total. The molecule has 0 aliphatic carbocycles. The van der Waals surface area contributed by atoms with Gasteiger partial charge in [-0.25, -0.2) is 9.18 Å². The number of halogens is 1. The summed E-state index contributed by atoms with van der Waals surface area (Å²) in [6.07, 6.45) is 1.71. The lowest BCUT2D eigenvalue weighted by Gasteiger charge is -2.35. The minimum absolute atomic E-state index is 0.0592. The van der Waals surface area contributed by atoms with E-state index in [1.165, 1.54) is 4.90 Å². The predicted octanol–water partition coefficient (Wildman–Crippen LogP) is 3.75. The Morgan fingerprint density at radius 3 is 2.88 bits per heavy atom. The van der Waals surface area contributed by atoms with Crippen molar-refractivity contribution >= 4 is 6.03 Å². The Hall–Kier alpha value is -2.44. The number of amides is 2. The number of benzene rings is 1. The number of carbonyl (C=O) groups excluding carboxylic acids is 1. The van der Waals surface area contributed by atoms with Gasteiger partial charge in [-0.2, -0.15) is 4.98 Å². The molecule has 1 unspecified atom stereocenters. The van der Waals surface area contributed by atoms with Crippen molar-refractivity contribution in [2.24, 2.45) is 5.92 Å². The number of rotatable bonds is 5. The summed E-state index contributed by atoms with van der Waals surface area (Å²) in [5.74, 6) is 0.805. The molecule has 0 radical (unpaired) electrons. The molecule has 2 amide bonds. The average molecular weight is 360 g/mol. The molecule has 7 heteroatoms. The third-order valence-electron chi connectivity index (χ3n) is 4.57. The van der Waals surface area contributed by atoms with Gasteiger partial charge >= 0.3 is 6.03 Å². The number of hydrogen-bond donors (Lipinski definition) is 1. The fourth-order valence-electron chi connectivity index (χ4n) is 3.05. The summed E-state index contributed by atoms with van der Waals surface area (Å²) in [6, 6.07) is 9.05. The van der Waals surface area contributed by atoms with Crippen LogP contribution in [-0.2, 0) is 5.67 Å². The molecule has 0 saturated carbocycles. The van der Waals surface area contributed by atoms with Crippen LogP contribution in [0.5, 0.6) is 0 Å². The third-order valence-corrected chi connectivity index (χ3v) is 4.57. The lowest BCUT2D eigenvalue weighted by Crippen LogP contribution is -2.50. The molecule has 1 aliphatic heterocycles. The zero-order valence-corrected chi connectivity index (χ0v) is 15.2. The number of alkyl halides is 1. The van der Waals surface area contributed by atoms with Gasteiger partial charge in [0.1, 0.15) is 0 Å². The first-order chi connectivity index (χ1) is 12.5. The number of carbonyl (C=O) groups is 1. The van der Waals surface area contributed by atoms with Crippen molar-refractivity contribution in [2.45, 2.75) is 38.8 Å². The van der Waals surface area contributed by atoms with E-state index in [1.807, 2.05) is 30.3 Å². The molecule has 2 heterocycles. The van der Waals surface area contributed by atoms with Crippen LogP contribution in [0.15, 0.2) is 34.9 Å². The lowest BCUT2D eigenvalue weighted by atomic mass is 9.94. The van der Waals surface area contributed by atoms with Crippen LogP contribution in [0.25, 0.3) is 11.4 Å². The SMILES string of the molecule is CC(C)CCNC(=O)N1CCCC(F)(c2nc(-c3ccccc3)no2)C1. The minimum atomic E-state index is -1.81. The maximum atomic E-state index is 15.5. The molecule has 2 aromatic rings. The number of urea groups is 1. The zero-order valence-electron chi connectivity index (χ0n) is 15.2. The molecule has 1 fully saturated rings. The van der Waals surface area contributed by atoms with Gasteiger partial charge in [0.15, 0.2) is 0 Å². The molecule has 1 aliphatic rings. The Morgan fingerprint density at radius 2 is 2.15 bits per heavy atom. The summed E-state index contributed by atoms with van der Waals surface area (Å²) in [4.78, 5) is 18.0. The van der Waals surface area contributed by atoms with E-state index in [0.29, 0.717) is 31.3 Å². The highest BCUT2D eigenvalue weighted by molar-refractivity contribution is 5.74. The van der Waals surface area contributed by atoms with E-state index in [0.717, 1.165) is 12.0 Å². The average Bonchev–Trinajstić information content (AvgIpc) is 3.13. The zero-order chi connectivity index (χ0) is 18.6. The van der Waals surface area contributed by atoms with Crippen LogP contribution in [0, 0.1) is 5.92 Å². The van der Waals surface area contributed by atoms with Crippen LogP contribution in [0.2, 0.25) is 0 Å². The second-order valence-electron chi connectivity index (χ2n) is 7.19. The van der Waals surface area contributed by atoms with E-state index in [9.17, 15) is 4.79 Å². The first-order valence-electron chi connectivity index (χ1n) is 9.09. The molecule has 0 bridgehead atoms. The van der Waals surface area contributed by atoms with Crippen molar-refractivity contribution in [3.05, 3.63) is 36.2 Å². The van der Waals surface area contributed by atoms with E-state index in [4.69, 9.17) is 4.52 Å². The minimum Gasteiger partial charge on any atom is -0.338 e. The van der Waals surface area contributed by atoms with Crippen LogP contribution in [0.3, 0.4) is 0 Å². The van der Waals surface area contributed by atoms with Gasteiger partial charge in [-0.1, -0.05) is 49.3 Å². The van der Waals surface area contributed by atoms with Gasteiger partial charge < -0.3 is 14.7 Å². The van der Waals surface area contributed by atoms with Crippen LogP contribution >= 0.6 is 0 Å². The number of likely N-dealkylation sites (tertiary alicyclic amines) is 1. The molecule has 26 heavy (non-hydrogen) atoms. The maximum Gasteiger partial charge on any atom is 0.317 e. The Bertz CT molecular complexity index is 734. The Kier molecular flexibility index (Phi) is 5.54. The third kappa shape index (κ3) is 4.20. The maximum absolute atomic E-state index is 15.5. The van der Waals surface area contributed by atoms with Crippen molar-refractivity contribution in [2.75, 3.05) is 19.6 Å². The van der Waals surface area contributed by atoms with Crippen LogP contribution < -0.4 is 5.32 Å². The molecule has 140 valence electrons. The van der Waals surface area contributed by atoms with E-state index in [2.05, 4.69) is 29.3 Å². The topological polar surface area (TPSA) is 71.3 Å². The molecular weight excluding hydrogens is 335 g/mol. The number of aromatic nitrogens is 2. The summed E-state index contributed by atoms with van der Waals surface area (Å²) in [7, 11) is 0. The summed E-state index contributed by atoms with van der Waals surface area (Å²) in [6.45, 7) is 5.24. The van der Waals surface area contributed by atoms with E-state index in [-0.39, 0.29) is 24.9 Å². The monoisotopic (exact) mass is 360 g/mol. The molecule has 1 saturated heterocycles. The molecule has 1 atom stereocenters. The second kappa shape index (κ2) is 7.85. The van der Waals surface area contributed by atoms with Crippen LogP contribution in [0.1, 0.15) is 39.0 Å². The van der Waals surface area contributed by atoms with E-state index in [1.54, 1.807) is 0 Å². The molecule has 1 aromatic heterocycles. The van der Waals surface area contributed by atoms with Gasteiger partial charge in [0.2, 0.25) is 11.5 Å². The van der Waals surface area contributed by atoms with Gasteiger partial charge in [-0.3, -0.25) is 0 Å². The lowest BCUT2D eigenvalue weighted by molar-refractivity contribution is 0.0307. The Labute approximate surface area is 152 Å². The number of nitrogens with zero attached hydrogens (tertiary/aromatic N) is 3. The second-order valence-corrected chi connectivity index (χ2v) is 7.19. The van der Waals surface area contributed by atoms with E-state index >= 15 is 4.39 Å². The van der Waals surface area contributed by atoms with Crippen molar-refractivity contribution < 1.29 is 13.7 Å². The van der Waals surface area contributed by atoms with Crippen molar-refractivity contribution in [3.8, 4) is 11.4 Å². The van der Waals surface area contributed by atoms with E-state index < -0.39 is 5.67 Å². The molecule has 0 spiro atoms. The highest BCUT2D eigenvalue weighted by atomic mass is 19.1. The summed E-state index contributed by atoms with van der Waals surface area (Å²) in [5, 5.41) is 6.76. The van der Waals surface area contributed by atoms with Gasteiger partial charge in [0.25, 0.3) is 5.89 Å². The van der Waals surface area contributed by atoms with Crippen molar-refractivity contribution in [1.29, 1.82) is 0 Å². The molecular formula is C19H25FN4O2. The normalized spacial score (nSPS) is 20.4. The first-order valence-corrected chi connectivity index (χ1v) is 9.09. The smallest absolute Gasteiger partial charge is 0.317 e. The van der Waals surface area contributed by atoms with Gasteiger partial charge in [0.05, 0.1) is 6.54 Å². The Balaban J connectivity index is 1.67. The quantitative estimate of drug-likeness (QED) is 0.881. The fraction of sp³-hybridized carbons (Fsp3) is 0.526. The van der Waals surface area contributed by atoms with Gasteiger partial charge in [0, 0.05) is 18.7 Å². The summed E-state index contributed by atoms with van der Waals surface area (Å²) in [5.41, 5.74) is -1.04. The fourth-order valence-corrected chi connectivity index (χ4v) is 3.05. The predicted molar refractivity (Wildman–Crippen MR) is 96.2 cm³/mol. The van der Waals surface area contributed by atoms with Crippen LogP contribution in [0.4, 0.5) is 9.18 Å². The van der Waals surface area contributed by atoms with Crippen LogP contribution in [-0.4, -0.2) is 40.7 Å². The number of hydrogen-bond acceptors (Lipinski definition) is 4. The number of piperidine rings is 1. The number of nitrogens with one attached hydrogen (secondary N) is 1. The largest absolute Gasteiger partial charge is 0.338 e. The van der Waals surface area contributed by atoms with Crippen molar-refractivity contribution in [3.63, 3.8) is 0 Å². The highest BCUT2D eigenvalue weighted by Crippen LogP contribution is 2.35. The summed E-state index contributed by atoms with van der Waals surface area (Å²) < 4.78 is 20.7. The van der Waals surface area contributed by atoms with Crippen molar-refractivity contribution in [1.82, 2.24) is 20.4 Å². The molecule has 1 N–H and O–H groups in total. The standard InChI is InChI=1S/C19H25FN4O2/c1-14(2)9-11-21-18(25)24-12-6-10-19(20,13-24)17-22-16(23-26-17)15-7-4-3-5-8-15/h3-5,7-8,14H,6,9-13H2,1-2H3,(H,21,25). The van der Waals surface area contributed by atoms with Gasteiger partial charge in [-0.05, 0) is 25.2 Å². The summed E-state index contributed by atoms with van der Waals surface area (Å²) >= 11 is 0. The highest BCUT2D eigenvalue weighted by Gasteiger charge is 2.43. The first kappa shape index (κ1) is 18.4.